The molecular formula is C13H19ClN2O2. The van der Waals surface area contributed by atoms with Crippen LogP contribution < -0.4 is 5.32 Å². The summed E-state index contributed by atoms with van der Waals surface area (Å²) in [6, 6.07) is 4.80. The summed E-state index contributed by atoms with van der Waals surface area (Å²) in [4.78, 5) is 10.3. The molecule has 1 aromatic rings. The Balaban J connectivity index is 2.86. The van der Waals surface area contributed by atoms with Crippen LogP contribution in [-0.2, 0) is 0 Å². The van der Waals surface area contributed by atoms with Crippen molar-refractivity contribution in [2.45, 2.75) is 45.6 Å². The van der Waals surface area contributed by atoms with E-state index in [9.17, 15) is 10.1 Å². The number of anilines is 1. The number of nitro benzene ring substituents is 1. The van der Waals surface area contributed by atoms with Gasteiger partial charge in [-0.1, -0.05) is 38.3 Å². The lowest BCUT2D eigenvalue weighted by molar-refractivity contribution is -0.384. The zero-order chi connectivity index (χ0) is 13.5. The fraction of sp³-hybridized carbons (Fsp3) is 0.538. The fourth-order valence-corrected chi connectivity index (χ4v) is 2.12. The fourth-order valence-electron chi connectivity index (χ4n) is 1.94. The largest absolute Gasteiger partial charge is 0.381 e. The van der Waals surface area contributed by atoms with Crippen LogP contribution in [-0.4, -0.2) is 11.0 Å². The van der Waals surface area contributed by atoms with Gasteiger partial charge in [0.05, 0.1) is 15.6 Å². The molecule has 0 amide bonds. The van der Waals surface area contributed by atoms with Crippen molar-refractivity contribution >= 4 is 23.0 Å². The molecule has 0 aliphatic heterocycles. The van der Waals surface area contributed by atoms with E-state index in [0.717, 1.165) is 25.7 Å². The normalized spacial score (nSPS) is 10.7. The summed E-state index contributed by atoms with van der Waals surface area (Å²) in [6.45, 7) is 4.25. The number of nitrogens with zero attached hydrogens (tertiary/aromatic N) is 1. The van der Waals surface area contributed by atoms with Crippen LogP contribution >= 0.6 is 11.6 Å². The van der Waals surface area contributed by atoms with Crippen molar-refractivity contribution in [3.05, 3.63) is 33.3 Å². The van der Waals surface area contributed by atoms with E-state index in [1.54, 1.807) is 6.07 Å². The first-order valence-corrected chi connectivity index (χ1v) is 6.66. The molecule has 0 saturated heterocycles. The van der Waals surface area contributed by atoms with Crippen LogP contribution in [0.5, 0.6) is 0 Å². The lowest BCUT2D eigenvalue weighted by Crippen LogP contribution is -2.19. The lowest BCUT2D eigenvalue weighted by atomic mass is 10.1. The molecule has 18 heavy (non-hydrogen) atoms. The van der Waals surface area contributed by atoms with Gasteiger partial charge in [0.1, 0.15) is 0 Å². The number of hydrogen-bond acceptors (Lipinski definition) is 3. The number of benzene rings is 1. The Morgan fingerprint density at radius 2 is 1.94 bits per heavy atom. The number of nitrogens with one attached hydrogen (secondary N) is 1. The molecule has 0 fully saturated rings. The minimum absolute atomic E-state index is 0.0636. The quantitative estimate of drug-likeness (QED) is 0.580. The van der Waals surface area contributed by atoms with Crippen molar-refractivity contribution in [2.75, 3.05) is 5.32 Å². The van der Waals surface area contributed by atoms with Crippen molar-refractivity contribution in [1.29, 1.82) is 0 Å². The van der Waals surface area contributed by atoms with Gasteiger partial charge in [0, 0.05) is 18.2 Å². The third kappa shape index (κ3) is 4.18. The number of rotatable bonds is 7. The van der Waals surface area contributed by atoms with Gasteiger partial charge in [-0.15, -0.1) is 0 Å². The maximum absolute atomic E-state index is 10.7. The molecule has 4 nitrogen and oxygen atoms in total. The first-order valence-electron chi connectivity index (χ1n) is 6.29. The maximum Gasteiger partial charge on any atom is 0.271 e. The topological polar surface area (TPSA) is 55.2 Å². The van der Waals surface area contributed by atoms with Crippen LogP contribution in [0, 0.1) is 10.1 Å². The highest BCUT2D eigenvalue weighted by molar-refractivity contribution is 6.33. The monoisotopic (exact) mass is 270 g/mol. The molecule has 0 unspecified atom stereocenters. The number of hydrogen-bond donors (Lipinski definition) is 1. The van der Waals surface area contributed by atoms with Crippen molar-refractivity contribution in [1.82, 2.24) is 0 Å². The molecule has 1 aromatic carbocycles. The van der Waals surface area contributed by atoms with E-state index in [2.05, 4.69) is 19.2 Å². The summed E-state index contributed by atoms with van der Waals surface area (Å²) in [6.07, 6.45) is 4.22. The molecule has 0 radical (unpaired) electrons. The van der Waals surface area contributed by atoms with E-state index in [-0.39, 0.29) is 5.69 Å². The van der Waals surface area contributed by atoms with Gasteiger partial charge in [-0.3, -0.25) is 10.1 Å². The highest BCUT2D eigenvalue weighted by Gasteiger charge is 2.13. The van der Waals surface area contributed by atoms with Crippen LogP contribution in [0.1, 0.15) is 39.5 Å². The second-order valence-corrected chi connectivity index (χ2v) is 4.75. The molecule has 1 rings (SSSR count). The van der Waals surface area contributed by atoms with Crippen LogP contribution in [0.3, 0.4) is 0 Å². The van der Waals surface area contributed by atoms with Crippen molar-refractivity contribution in [2.24, 2.45) is 0 Å². The molecule has 5 heteroatoms. The SMILES string of the molecule is CCCC(CCC)Nc1cc([N+](=O)[O-])ccc1Cl. The molecule has 0 atom stereocenters. The van der Waals surface area contributed by atoms with Gasteiger partial charge in [-0.05, 0) is 18.9 Å². The third-order valence-corrected chi connectivity index (χ3v) is 3.12. The van der Waals surface area contributed by atoms with E-state index in [1.165, 1.54) is 12.1 Å². The van der Waals surface area contributed by atoms with Gasteiger partial charge in [-0.25, -0.2) is 0 Å². The molecule has 0 saturated carbocycles. The summed E-state index contributed by atoms with van der Waals surface area (Å²) in [7, 11) is 0. The second kappa shape index (κ2) is 7.21. The van der Waals surface area contributed by atoms with E-state index in [1.807, 2.05) is 0 Å². The van der Waals surface area contributed by atoms with Gasteiger partial charge in [0.2, 0.25) is 0 Å². The molecule has 0 heterocycles. The first kappa shape index (κ1) is 14.8. The zero-order valence-electron chi connectivity index (χ0n) is 10.8. The van der Waals surface area contributed by atoms with E-state index < -0.39 is 4.92 Å². The summed E-state index contributed by atoms with van der Waals surface area (Å²) in [5.74, 6) is 0. The van der Waals surface area contributed by atoms with Crippen molar-refractivity contribution < 1.29 is 4.92 Å². The van der Waals surface area contributed by atoms with Gasteiger partial charge < -0.3 is 5.32 Å². The third-order valence-electron chi connectivity index (χ3n) is 2.79. The van der Waals surface area contributed by atoms with Crippen LogP contribution in [0.15, 0.2) is 18.2 Å². The smallest absolute Gasteiger partial charge is 0.271 e. The molecule has 100 valence electrons. The Bertz CT molecular complexity index is 404. The van der Waals surface area contributed by atoms with E-state index in [0.29, 0.717) is 16.8 Å². The van der Waals surface area contributed by atoms with Gasteiger partial charge in [0.15, 0.2) is 0 Å². The Labute approximate surface area is 112 Å². The van der Waals surface area contributed by atoms with E-state index in [4.69, 9.17) is 11.6 Å². The minimum Gasteiger partial charge on any atom is -0.381 e. The Hall–Kier alpha value is -1.29. The van der Waals surface area contributed by atoms with Gasteiger partial charge >= 0.3 is 0 Å². The Morgan fingerprint density at radius 3 is 2.44 bits per heavy atom. The highest BCUT2D eigenvalue weighted by Crippen LogP contribution is 2.28. The average molecular weight is 271 g/mol. The summed E-state index contributed by atoms with van der Waals surface area (Å²) in [5.41, 5.74) is 0.714. The number of nitro groups is 1. The molecule has 0 aromatic heterocycles. The van der Waals surface area contributed by atoms with Crippen LogP contribution in [0.4, 0.5) is 11.4 Å². The van der Waals surface area contributed by atoms with Crippen LogP contribution in [0.25, 0.3) is 0 Å². The summed E-state index contributed by atoms with van der Waals surface area (Å²) in [5, 5.41) is 14.6. The first-order chi connectivity index (χ1) is 8.58. The minimum atomic E-state index is -0.407. The summed E-state index contributed by atoms with van der Waals surface area (Å²) < 4.78 is 0. The van der Waals surface area contributed by atoms with Gasteiger partial charge in [-0.2, -0.15) is 0 Å². The Kier molecular flexibility index (Phi) is 5.92. The standard InChI is InChI=1S/C13H19ClN2O2/c1-3-5-10(6-4-2)15-13-9-11(16(17)18)7-8-12(13)14/h7-10,15H,3-6H2,1-2H3. The molecule has 0 aliphatic rings. The van der Waals surface area contributed by atoms with Crippen molar-refractivity contribution in [3.63, 3.8) is 0 Å². The second-order valence-electron chi connectivity index (χ2n) is 4.34. The maximum atomic E-state index is 10.7. The zero-order valence-corrected chi connectivity index (χ0v) is 11.5. The number of halogens is 1. The van der Waals surface area contributed by atoms with Crippen molar-refractivity contribution in [3.8, 4) is 0 Å². The number of non-ortho nitro benzene ring substituents is 1. The lowest BCUT2D eigenvalue weighted by Gasteiger charge is -2.19. The average Bonchev–Trinajstić information content (AvgIpc) is 2.32. The molecular weight excluding hydrogens is 252 g/mol. The van der Waals surface area contributed by atoms with Crippen LogP contribution in [0.2, 0.25) is 5.02 Å². The molecule has 1 N–H and O–H groups in total. The molecule has 0 aliphatic carbocycles. The highest BCUT2D eigenvalue weighted by atomic mass is 35.5. The Morgan fingerprint density at radius 1 is 1.33 bits per heavy atom. The molecule has 0 spiro atoms. The summed E-state index contributed by atoms with van der Waals surface area (Å²) >= 11 is 6.06. The predicted octanol–water partition coefficient (Wildman–Crippen LogP) is 4.63. The van der Waals surface area contributed by atoms with Gasteiger partial charge in [0.25, 0.3) is 5.69 Å². The molecule has 0 bridgehead atoms. The predicted molar refractivity (Wildman–Crippen MR) is 75.3 cm³/mol. The van der Waals surface area contributed by atoms with E-state index >= 15 is 0 Å².